The predicted octanol–water partition coefficient (Wildman–Crippen LogP) is 3.25. The van der Waals surface area contributed by atoms with Crippen molar-refractivity contribution in [3.05, 3.63) is 46.5 Å². The van der Waals surface area contributed by atoms with E-state index < -0.39 is 0 Å². The number of carbonyl (C=O) groups is 1. The number of amides is 1. The molecular formula is C18H25ClN4O. The van der Waals surface area contributed by atoms with Gasteiger partial charge in [0.05, 0.1) is 6.54 Å². The molecule has 130 valence electrons. The van der Waals surface area contributed by atoms with Crippen molar-refractivity contribution in [2.75, 3.05) is 6.54 Å². The van der Waals surface area contributed by atoms with Gasteiger partial charge in [-0.3, -0.25) is 4.79 Å². The number of nitrogens with one attached hydrogen (secondary N) is 1. The standard InChI is InChI=1S/C18H25ClN4O/c1-4-13(2)11-17-21-18(9-10-20-14(3)24)23(22-17)12-15-7-5-6-8-16(15)19/h5-8,13H,4,9-12H2,1-3H3,(H,20,24)/t13-/m1/s1. The Morgan fingerprint density at radius 1 is 1.38 bits per heavy atom. The minimum Gasteiger partial charge on any atom is -0.356 e. The van der Waals surface area contributed by atoms with Crippen molar-refractivity contribution < 1.29 is 4.79 Å². The van der Waals surface area contributed by atoms with E-state index in [4.69, 9.17) is 11.6 Å². The number of nitrogens with zero attached hydrogens (tertiary/aromatic N) is 3. The molecule has 1 N–H and O–H groups in total. The first-order chi connectivity index (χ1) is 11.5. The van der Waals surface area contributed by atoms with E-state index in [0.717, 1.165) is 35.1 Å². The summed E-state index contributed by atoms with van der Waals surface area (Å²) in [5, 5.41) is 8.20. The molecule has 0 saturated carbocycles. The van der Waals surface area contributed by atoms with Crippen molar-refractivity contribution in [3.63, 3.8) is 0 Å². The first-order valence-corrected chi connectivity index (χ1v) is 8.77. The third kappa shape index (κ3) is 5.34. The van der Waals surface area contributed by atoms with Gasteiger partial charge in [0.2, 0.25) is 5.91 Å². The zero-order chi connectivity index (χ0) is 17.5. The van der Waals surface area contributed by atoms with Crippen LogP contribution >= 0.6 is 11.6 Å². The molecule has 1 atom stereocenters. The summed E-state index contributed by atoms with van der Waals surface area (Å²) in [6.07, 6.45) is 2.61. The number of hydrogen-bond acceptors (Lipinski definition) is 3. The van der Waals surface area contributed by atoms with E-state index in [-0.39, 0.29) is 5.91 Å². The van der Waals surface area contributed by atoms with Gasteiger partial charge in [-0.1, -0.05) is 50.1 Å². The molecule has 5 nitrogen and oxygen atoms in total. The van der Waals surface area contributed by atoms with Gasteiger partial charge >= 0.3 is 0 Å². The predicted molar refractivity (Wildman–Crippen MR) is 96.1 cm³/mol. The Hall–Kier alpha value is -1.88. The van der Waals surface area contributed by atoms with E-state index in [1.807, 2.05) is 28.9 Å². The van der Waals surface area contributed by atoms with E-state index >= 15 is 0 Å². The van der Waals surface area contributed by atoms with Gasteiger partial charge in [0, 0.05) is 31.3 Å². The summed E-state index contributed by atoms with van der Waals surface area (Å²) in [5.41, 5.74) is 1.01. The van der Waals surface area contributed by atoms with Crippen molar-refractivity contribution in [1.82, 2.24) is 20.1 Å². The van der Waals surface area contributed by atoms with Crippen molar-refractivity contribution in [3.8, 4) is 0 Å². The van der Waals surface area contributed by atoms with Gasteiger partial charge in [-0.05, 0) is 17.5 Å². The van der Waals surface area contributed by atoms with Crippen LogP contribution in [0.25, 0.3) is 0 Å². The molecule has 0 bridgehead atoms. The Morgan fingerprint density at radius 3 is 2.79 bits per heavy atom. The molecule has 0 saturated heterocycles. The van der Waals surface area contributed by atoms with Crippen molar-refractivity contribution in [1.29, 1.82) is 0 Å². The smallest absolute Gasteiger partial charge is 0.216 e. The van der Waals surface area contributed by atoms with Crippen LogP contribution in [0.1, 0.15) is 44.4 Å². The highest BCUT2D eigenvalue weighted by molar-refractivity contribution is 6.31. The summed E-state index contributed by atoms with van der Waals surface area (Å²) in [4.78, 5) is 15.8. The minimum absolute atomic E-state index is 0.0352. The Morgan fingerprint density at radius 2 is 2.12 bits per heavy atom. The van der Waals surface area contributed by atoms with Crippen molar-refractivity contribution >= 4 is 17.5 Å². The average molecular weight is 349 g/mol. The normalized spacial score (nSPS) is 12.2. The van der Waals surface area contributed by atoms with Gasteiger partial charge in [0.1, 0.15) is 5.82 Å². The highest BCUT2D eigenvalue weighted by Crippen LogP contribution is 2.17. The van der Waals surface area contributed by atoms with Gasteiger partial charge < -0.3 is 5.32 Å². The van der Waals surface area contributed by atoms with Crippen LogP contribution in [-0.2, 0) is 24.2 Å². The van der Waals surface area contributed by atoms with E-state index in [9.17, 15) is 4.79 Å². The quantitative estimate of drug-likeness (QED) is 0.796. The number of aromatic nitrogens is 3. The molecule has 0 unspecified atom stereocenters. The molecule has 2 rings (SSSR count). The molecule has 6 heteroatoms. The highest BCUT2D eigenvalue weighted by Gasteiger charge is 2.13. The van der Waals surface area contributed by atoms with Crippen molar-refractivity contribution in [2.45, 2.75) is 46.6 Å². The topological polar surface area (TPSA) is 59.8 Å². The second kappa shape index (κ2) is 8.83. The molecule has 0 fully saturated rings. The summed E-state index contributed by atoms with van der Waals surface area (Å²) < 4.78 is 1.90. The van der Waals surface area contributed by atoms with Crippen LogP contribution < -0.4 is 5.32 Å². The average Bonchev–Trinajstić information content (AvgIpc) is 2.90. The van der Waals surface area contributed by atoms with Gasteiger partial charge in [0.25, 0.3) is 0 Å². The molecular weight excluding hydrogens is 324 g/mol. The molecule has 0 aliphatic rings. The fourth-order valence-corrected chi connectivity index (χ4v) is 2.61. The fraction of sp³-hybridized carbons (Fsp3) is 0.500. The molecule has 0 spiro atoms. The number of carbonyl (C=O) groups excluding carboxylic acids is 1. The fourth-order valence-electron chi connectivity index (χ4n) is 2.42. The number of hydrogen-bond donors (Lipinski definition) is 1. The van der Waals surface area contributed by atoms with E-state index in [1.54, 1.807) is 0 Å². The maximum absolute atomic E-state index is 11.1. The SMILES string of the molecule is CC[C@@H](C)Cc1nc(CCNC(C)=O)n(Cc2ccccc2Cl)n1. The Labute approximate surface area is 148 Å². The maximum atomic E-state index is 11.1. The lowest BCUT2D eigenvalue weighted by molar-refractivity contribution is -0.118. The lowest BCUT2D eigenvalue weighted by Gasteiger charge is -2.08. The first-order valence-electron chi connectivity index (χ1n) is 8.40. The van der Waals surface area contributed by atoms with E-state index in [1.165, 1.54) is 6.92 Å². The number of benzene rings is 1. The van der Waals surface area contributed by atoms with Gasteiger partial charge in [-0.2, -0.15) is 5.10 Å². The molecule has 0 aliphatic heterocycles. The van der Waals surface area contributed by atoms with Gasteiger partial charge in [-0.15, -0.1) is 0 Å². The molecule has 0 aliphatic carbocycles. The molecule has 1 aromatic carbocycles. The summed E-state index contributed by atoms with van der Waals surface area (Å²) in [6, 6.07) is 7.76. The maximum Gasteiger partial charge on any atom is 0.216 e. The van der Waals surface area contributed by atoms with Crippen LogP contribution in [-0.4, -0.2) is 27.2 Å². The zero-order valence-corrected chi connectivity index (χ0v) is 15.3. The largest absolute Gasteiger partial charge is 0.356 e. The third-order valence-corrected chi connectivity index (χ3v) is 4.39. The Bertz CT molecular complexity index is 683. The zero-order valence-electron chi connectivity index (χ0n) is 14.6. The summed E-state index contributed by atoms with van der Waals surface area (Å²) in [7, 11) is 0. The lowest BCUT2D eigenvalue weighted by Crippen LogP contribution is -2.23. The molecule has 0 radical (unpaired) electrons. The molecule has 1 amide bonds. The second-order valence-corrected chi connectivity index (χ2v) is 6.55. The summed E-state index contributed by atoms with van der Waals surface area (Å²) in [6.45, 7) is 7.03. The van der Waals surface area contributed by atoms with Crippen LogP contribution in [0.15, 0.2) is 24.3 Å². The van der Waals surface area contributed by atoms with Crippen LogP contribution in [0.5, 0.6) is 0 Å². The van der Waals surface area contributed by atoms with Crippen LogP contribution in [0.2, 0.25) is 5.02 Å². The van der Waals surface area contributed by atoms with E-state index in [0.29, 0.717) is 25.4 Å². The Balaban J connectivity index is 2.18. The molecule has 1 aromatic heterocycles. The van der Waals surface area contributed by atoms with Crippen molar-refractivity contribution in [2.24, 2.45) is 5.92 Å². The summed E-state index contributed by atoms with van der Waals surface area (Å²) >= 11 is 6.27. The third-order valence-electron chi connectivity index (χ3n) is 4.02. The van der Waals surface area contributed by atoms with Crippen LogP contribution in [0, 0.1) is 5.92 Å². The minimum atomic E-state index is -0.0352. The number of halogens is 1. The van der Waals surface area contributed by atoms with Gasteiger partial charge in [-0.25, -0.2) is 9.67 Å². The monoisotopic (exact) mass is 348 g/mol. The molecule has 1 heterocycles. The molecule has 2 aromatic rings. The summed E-state index contributed by atoms with van der Waals surface area (Å²) in [5.74, 6) is 2.24. The highest BCUT2D eigenvalue weighted by atomic mass is 35.5. The lowest BCUT2D eigenvalue weighted by atomic mass is 10.1. The Kier molecular flexibility index (Phi) is 6.79. The number of rotatable bonds is 8. The van der Waals surface area contributed by atoms with Crippen LogP contribution in [0.4, 0.5) is 0 Å². The second-order valence-electron chi connectivity index (χ2n) is 6.14. The first kappa shape index (κ1) is 18.5. The van der Waals surface area contributed by atoms with Crippen LogP contribution in [0.3, 0.4) is 0 Å². The van der Waals surface area contributed by atoms with E-state index in [2.05, 4.69) is 29.2 Å². The molecule has 24 heavy (non-hydrogen) atoms. The van der Waals surface area contributed by atoms with Gasteiger partial charge in [0.15, 0.2) is 5.82 Å².